The summed E-state index contributed by atoms with van der Waals surface area (Å²) >= 11 is 5.88. The van der Waals surface area contributed by atoms with E-state index in [1.165, 1.54) is 0 Å². The van der Waals surface area contributed by atoms with Gasteiger partial charge in [-0.2, -0.15) is 0 Å². The third-order valence-corrected chi connectivity index (χ3v) is 4.46. The second kappa shape index (κ2) is 7.05. The van der Waals surface area contributed by atoms with Gasteiger partial charge < -0.3 is 10.2 Å². The Morgan fingerprint density at radius 2 is 2.00 bits per heavy atom. The van der Waals surface area contributed by atoms with Crippen molar-refractivity contribution in [3.8, 4) is 0 Å². The minimum Gasteiger partial charge on any atom is -0.351 e. The maximum absolute atomic E-state index is 12.5. The van der Waals surface area contributed by atoms with Crippen LogP contribution in [0.5, 0.6) is 0 Å². The van der Waals surface area contributed by atoms with Crippen molar-refractivity contribution in [1.82, 2.24) is 5.32 Å². The summed E-state index contributed by atoms with van der Waals surface area (Å²) in [6.07, 6.45) is 0.529. The van der Waals surface area contributed by atoms with Crippen LogP contribution in [0.25, 0.3) is 0 Å². The van der Waals surface area contributed by atoms with Crippen molar-refractivity contribution in [2.75, 3.05) is 11.4 Å². The highest BCUT2D eigenvalue weighted by Gasteiger charge is 2.37. The van der Waals surface area contributed by atoms with Crippen LogP contribution in [0.4, 0.5) is 5.69 Å². The molecule has 1 N–H and O–H groups in total. The highest BCUT2D eigenvalue weighted by atomic mass is 35.5. The van der Waals surface area contributed by atoms with E-state index in [-0.39, 0.29) is 11.8 Å². The minimum absolute atomic E-state index is 0.154. The van der Waals surface area contributed by atoms with Crippen molar-refractivity contribution in [2.24, 2.45) is 5.92 Å². The van der Waals surface area contributed by atoms with Crippen LogP contribution in [0.15, 0.2) is 48.5 Å². The quantitative estimate of drug-likeness (QED) is 0.866. The Kier molecular flexibility index (Phi) is 4.86. The number of anilines is 1. The topological polar surface area (TPSA) is 49.4 Å². The van der Waals surface area contributed by atoms with Crippen molar-refractivity contribution in [3.05, 3.63) is 64.7 Å². The van der Waals surface area contributed by atoms with Crippen molar-refractivity contribution in [2.45, 2.75) is 19.9 Å². The fourth-order valence-electron chi connectivity index (χ4n) is 2.94. The number of nitrogens with zero attached hydrogens (tertiary/aromatic N) is 1. The summed E-state index contributed by atoms with van der Waals surface area (Å²) in [5.41, 5.74) is 2.95. The summed E-state index contributed by atoms with van der Waals surface area (Å²) in [6, 6.07) is 15.0. The average molecular weight is 343 g/mol. The largest absolute Gasteiger partial charge is 0.351 e. The molecule has 1 unspecified atom stereocenters. The van der Waals surface area contributed by atoms with Crippen LogP contribution >= 0.6 is 11.6 Å². The number of carbonyl (C=O) groups excluding carboxylic acids is 2. The van der Waals surface area contributed by atoms with Crippen LogP contribution in [-0.2, 0) is 16.1 Å². The highest BCUT2D eigenvalue weighted by Crippen LogP contribution is 2.26. The van der Waals surface area contributed by atoms with Crippen molar-refractivity contribution in [1.29, 1.82) is 0 Å². The smallest absolute Gasteiger partial charge is 0.239 e. The number of hydrogen-bond acceptors (Lipinski definition) is 2. The van der Waals surface area contributed by atoms with Gasteiger partial charge in [0.1, 0.15) is 5.92 Å². The maximum Gasteiger partial charge on any atom is 0.239 e. The Morgan fingerprint density at radius 3 is 2.71 bits per heavy atom. The minimum atomic E-state index is -0.620. The molecule has 124 valence electrons. The molecule has 1 aliphatic heterocycles. The van der Waals surface area contributed by atoms with Gasteiger partial charge >= 0.3 is 0 Å². The van der Waals surface area contributed by atoms with Gasteiger partial charge in [-0.05, 0) is 43.2 Å². The number of halogens is 1. The summed E-state index contributed by atoms with van der Waals surface area (Å²) in [4.78, 5) is 26.5. The number of nitrogens with one attached hydrogen (secondary N) is 1. The van der Waals surface area contributed by atoms with E-state index < -0.39 is 5.92 Å². The first-order valence-corrected chi connectivity index (χ1v) is 8.32. The molecule has 0 aromatic heterocycles. The third kappa shape index (κ3) is 3.60. The van der Waals surface area contributed by atoms with Crippen molar-refractivity contribution < 1.29 is 9.59 Å². The van der Waals surface area contributed by atoms with Gasteiger partial charge in [-0.1, -0.05) is 41.4 Å². The first-order chi connectivity index (χ1) is 11.5. The fourth-order valence-corrected chi connectivity index (χ4v) is 3.06. The normalized spacial score (nSPS) is 17.2. The number of benzene rings is 2. The van der Waals surface area contributed by atoms with E-state index in [9.17, 15) is 9.59 Å². The van der Waals surface area contributed by atoms with Crippen LogP contribution in [0.3, 0.4) is 0 Å². The predicted molar refractivity (Wildman–Crippen MR) is 94.9 cm³/mol. The van der Waals surface area contributed by atoms with Gasteiger partial charge in [-0.25, -0.2) is 0 Å². The van der Waals surface area contributed by atoms with E-state index >= 15 is 0 Å². The molecule has 1 atom stereocenters. The lowest BCUT2D eigenvalue weighted by atomic mass is 10.1. The molecule has 1 aliphatic rings. The van der Waals surface area contributed by atoms with Gasteiger partial charge in [0.15, 0.2) is 0 Å². The fraction of sp³-hybridized carbons (Fsp3) is 0.263. The third-order valence-electron chi connectivity index (χ3n) is 4.21. The number of hydrogen-bond donors (Lipinski definition) is 1. The number of aryl methyl sites for hydroxylation is 1. The van der Waals surface area contributed by atoms with E-state index in [2.05, 4.69) is 5.32 Å². The summed E-state index contributed by atoms with van der Waals surface area (Å²) in [7, 11) is 0. The molecule has 0 bridgehead atoms. The molecule has 0 aliphatic carbocycles. The lowest BCUT2D eigenvalue weighted by Crippen LogP contribution is -2.36. The molecule has 5 heteroatoms. The first-order valence-electron chi connectivity index (χ1n) is 7.95. The Morgan fingerprint density at radius 1 is 1.25 bits per heavy atom. The Balaban J connectivity index is 1.62. The molecular weight excluding hydrogens is 324 g/mol. The molecule has 1 fully saturated rings. The molecule has 2 amide bonds. The van der Waals surface area contributed by atoms with Gasteiger partial charge in [0.05, 0.1) is 0 Å². The summed E-state index contributed by atoms with van der Waals surface area (Å²) in [5.74, 6) is -0.984. The SMILES string of the molecule is Cc1cccc(CNC(=O)C2CCN(c3ccc(Cl)cc3)C2=O)c1. The molecule has 0 radical (unpaired) electrons. The van der Waals surface area contributed by atoms with E-state index in [0.717, 1.165) is 16.8 Å². The standard InChI is InChI=1S/C19H19ClN2O2/c1-13-3-2-4-14(11-13)12-21-18(23)17-9-10-22(19(17)24)16-7-5-15(20)6-8-16/h2-8,11,17H,9-10,12H2,1H3,(H,21,23). The van der Waals surface area contributed by atoms with Crippen LogP contribution in [0.2, 0.25) is 5.02 Å². The zero-order chi connectivity index (χ0) is 17.1. The molecule has 2 aromatic carbocycles. The predicted octanol–water partition coefficient (Wildman–Crippen LogP) is 3.32. The highest BCUT2D eigenvalue weighted by molar-refractivity contribution is 6.30. The van der Waals surface area contributed by atoms with Crippen LogP contribution in [0, 0.1) is 12.8 Å². The van der Waals surface area contributed by atoms with Gasteiger partial charge in [0, 0.05) is 23.8 Å². The van der Waals surface area contributed by atoms with Crippen LogP contribution in [0.1, 0.15) is 17.5 Å². The summed E-state index contributed by atoms with van der Waals surface area (Å²) in [6.45, 7) is 2.99. The molecule has 1 saturated heterocycles. The van der Waals surface area contributed by atoms with E-state index in [4.69, 9.17) is 11.6 Å². The van der Waals surface area contributed by atoms with Crippen LogP contribution in [-0.4, -0.2) is 18.4 Å². The molecule has 0 saturated carbocycles. The molecule has 4 nitrogen and oxygen atoms in total. The van der Waals surface area contributed by atoms with E-state index in [0.29, 0.717) is 24.5 Å². The van der Waals surface area contributed by atoms with Crippen molar-refractivity contribution >= 4 is 29.1 Å². The summed E-state index contributed by atoms with van der Waals surface area (Å²) in [5, 5.41) is 3.50. The molecular formula is C19H19ClN2O2. The van der Waals surface area contributed by atoms with Crippen LogP contribution < -0.4 is 10.2 Å². The molecule has 24 heavy (non-hydrogen) atoms. The Hall–Kier alpha value is -2.33. The average Bonchev–Trinajstić information content (AvgIpc) is 2.95. The maximum atomic E-state index is 12.5. The van der Waals surface area contributed by atoms with E-state index in [1.807, 2.05) is 31.2 Å². The second-order valence-corrected chi connectivity index (χ2v) is 6.45. The lowest BCUT2D eigenvalue weighted by molar-refractivity contribution is -0.132. The zero-order valence-electron chi connectivity index (χ0n) is 13.5. The van der Waals surface area contributed by atoms with Gasteiger partial charge in [0.25, 0.3) is 0 Å². The molecule has 3 rings (SSSR count). The summed E-state index contributed by atoms with van der Waals surface area (Å²) < 4.78 is 0. The van der Waals surface area contributed by atoms with Gasteiger partial charge in [-0.3, -0.25) is 9.59 Å². The molecule has 0 spiro atoms. The second-order valence-electron chi connectivity index (χ2n) is 6.01. The van der Waals surface area contributed by atoms with Crippen molar-refractivity contribution in [3.63, 3.8) is 0 Å². The van der Waals surface area contributed by atoms with E-state index in [1.54, 1.807) is 29.2 Å². The Bertz CT molecular complexity index is 758. The number of rotatable bonds is 4. The monoisotopic (exact) mass is 342 g/mol. The van der Waals surface area contributed by atoms with Gasteiger partial charge in [0.2, 0.25) is 11.8 Å². The van der Waals surface area contributed by atoms with Gasteiger partial charge in [-0.15, -0.1) is 0 Å². The molecule has 1 heterocycles. The number of amides is 2. The Labute approximate surface area is 146 Å². The zero-order valence-corrected chi connectivity index (χ0v) is 14.2. The first kappa shape index (κ1) is 16.5. The number of carbonyl (C=O) groups is 2. The molecule has 2 aromatic rings. The lowest BCUT2D eigenvalue weighted by Gasteiger charge is -2.17.